The fourth-order valence-electron chi connectivity index (χ4n) is 1.65. The molecule has 0 bridgehead atoms. The van der Waals surface area contributed by atoms with Crippen molar-refractivity contribution in [2.24, 2.45) is 0 Å². The van der Waals surface area contributed by atoms with Crippen molar-refractivity contribution < 1.29 is 4.79 Å². The minimum absolute atomic E-state index is 0.0452. The molecule has 0 aliphatic rings. The molecule has 4 nitrogen and oxygen atoms in total. The van der Waals surface area contributed by atoms with Crippen molar-refractivity contribution >= 4 is 22.9 Å². The summed E-state index contributed by atoms with van der Waals surface area (Å²) in [7, 11) is 0. The Morgan fingerprint density at radius 2 is 2.15 bits per heavy atom. The number of hydrogen-bond acceptors (Lipinski definition) is 4. The van der Waals surface area contributed by atoms with Gasteiger partial charge >= 0.3 is 0 Å². The topological polar surface area (TPSA) is 54.0 Å². The van der Waals surface area contributed by atoms with Gasteiger partial charge in [-0.3, -0.25) is 4.79 Å². The van der Waals surface area contributed by atoms with Crippen LogP contribution in [0.25, 0.3) is 10.6 Å². The van der Waals surface area contributed by atoms with E-state index in [9.17, 15) is 4.79 Å². The Hall–Kier alpha value is -1.72. The van der Waals surface area contributed by atoms with Gasteiger partial charge in [-0.05, 0) is 32.9 Å². The van der Waals surface area contributed by atoms with E-state index in [1.807, 2.05) is 50.4 Å². The molecule has 2 rings (SSSR count). The van der Waals surface area contributed by atoms with Crippen molar-refractivity contribution in [3.8, 4) is 10.6 Å². The first-order valence-electron chi connectivity index (χ1n) is 6.49. The lowest BCUT2D eigenvalue weighted by atomic mass is 10.1. The van der Waals surface area contributed by atoms with Crippen molar-refractivity contribution in [2.45, 2.75) is 26.3 Å². The van der Waals surface area contributed by atoms with Crippen LogP contribution in [0.1, 0.15) is 20.8 Å². The molecular weight excluding hydrogens is 270 g/mol. The van der Waals surface area contributed by atoms with E-state index in [-0.39, 0.29) is 11.4 Å². The van der Waals surface area contributed by atoms with Crippen molar-refractivity contribution in [2.75, 3.05) is 11.9 Å². The number of amides is 1. The predicted octanol–water partition coefficient (Wildman–Crippen LogP) is 3.14. The van der Waals surface area contributed by atoms with Crippen LogP contribution >= 0.6 is 11.3 Å². The smallest absolute Gasteiger partial charge is 0.238 e. The monoisotopic (exact) mass is 289 g/mol. The first-order valence-corrected chi connectivity index (χ1v) is 7.37. The summed E-state index contributed by atoms with van der Waals surface area (Å²) in [5.74, 6) is -0.0452. The third-order valence-corrected chi connectivity index (χ3v) is 3.43. The number of anilines is 1. The quantitative estimate of drug-likeness (QED) is 0.909. The number of nitrogens with one attached hydrogen (secondary N) is 2. The lowest BCUT2D eigenvalue weighted by Gasteiger charge is -2.20. The molecule has 0 saturated heterocycles. The minimum atomic E-state index is -0.0694. The van der Waals surface area contributed by atoms with Gasteiger partial charge in [0, 0.05) is 28.4 Å². The summed E-state index contributed by atoms with van der Waals surface area (Å²) in [6, 6.07) is 7.73. The average Bonchev–Trinajstić information content (AvgIpc) is 2.90. The molecule has 0 aliphatic carbocycles. The summed E-state index contributed by atoms with van der Waals surface area (Å²) in [4.78, 5) is 16.1. The van der Waals surface area contributed by atoms with Crippen LogP contribution < -0.4 is 10.6 Å². The maximum Gasteiger partial charge on any atom is 0.238 e. The van der Waals surface area contributed by atoms with Crippen molar-refractivity contribution in [1.82, 2.24) is 10.3 Å². The SMILES string of the molecule is CC(C)(C)NCC(=O)Nc1cccc(-c2nccs2)c1. The molecule has 0 aliphatic heterocycles. The zero-order chi connectivity index (χ0) is 14.6. The highest BCUT2D eigenvalue weighted by Crippen LogP contribution is 2.24. The van der Waals surface area contributed by atoms with E-state index in [0.717, 1.165) is 16.3 Å². The molecular formula is C15H19N3OS. The number of thiazole rings is 1. The van der Waals surface area contributed by atoms with E-state index < -0.39 is 0 Å². The summed E-state index contributed by atoms with van der Waals surface area (Å²) in [6.45, 7) is 6.39. The van der Waals surface area contributed by atoms with Crippen LogP contribution in [-0.2, 0) is 4.79 Å². The summed E-state index contributed by atoms with van der Waals surface area (Å²) >= 11 is 1.58. The lowest BCUT2D eigenvalue weighted by molar-refractivity contribution is -0.115. The molecule has 5 heteroatoms. The second kappa shape index (κ2) is 6.15. The summed E-state index contributed by atoms with van der Waals surface area (Å²) < 4.78 is 0. The Labute approximate surface area is 123 Å². The van der Waals surface area contributed by atoms with Gasteiger partial charge in [-0.15, -0.1) is 11.3 Å². The van der Waals surface area contributed by atoms with Crippen LogP contribution in [0.15, 0.2) is 35.8 Å². The number of carbonyl (C=O) groups excluding carboxylic acids is 1. The number of nitrogens with zero attached hydrogens (tertiary/aromatic N) is 1. The van der Waals surface area contributed by atoms with Gasteiger partial charge in [0.1, 0.15) is 5.01 Å². The zero-order valence-electron chi connectivity index (χ0n) is 11.9. The fourth-order valence-corrected chi connectivity index (χ4v) is 2.28. The molecule has 2 aromatic rings. The molecule has 2 N–H and O–H groups in total. The molecule has 1 aromatic carbocycles. The largest absolute Gasteiger partial charge is 0.325 e. The van der Waals surface area contributed by atoms with Gasteiger partial charge in [0.25, 0.3) is 0 Å². The summed E-state index contributed by atoms with van der Waals surface area (Å²) in [5.41, 5.74) is 1.74. The van der Waals surface area contributed by atoms with E-state index in [0.29, 0.717) is 6.54 Å². The van der Waals surface area contributed by atoms with Crippen LogP contribution in [0, 0.1) is 0 Å². The number of hydrogen-bond donors (Lipinski definition) is 2. The van der Waals surface area contributed by atoms with E-state index in [1.165, 1.54) is 0 Å². The van der Waals surface area contributed by atoms with Crippen molar-refractivity contribution in [3.05, 3.63) is 35.8 Å². The summed E-state index contributed by atoms with van der Waals surface area (Å²) in [5, 5.41) is 8.95. The van der Waals surface area contributed by atoms with Crippen LogP contribution in [0.2, 0.25) is 0 Å². The number of aromatic nitrogens is 1. The average molecular weight is 289 g/mol. The Morgan fingerprint density at radius 1 is 1.35 bits per heavy atom. The zero-order valence-corrected chi connectivity index (χ0v) is 12.8. The molecule has 106 valence electrons. The molecule has 0 radical (unpaired) electrons. The van der Waals surface area contributed by atoms with Gasteiger partial charge in [-0.2, -0.15) is 0 Å². The number of benzene rings is 1. The fraction of sp³-hybridized carbons (Fsp3) is 0.333. The normalized spacial score (nSPS) is 11.3. The molecule has 1 heterocycles. The third-order valence-electron chi connectivity index (χ3n) is 2.60. The molecule has 20 heavy (non-hydrogen) atoms. The molecule has 0 unspecified atom stereocenters. The number of carbonyl (C=O) groups is 1. The van der Waals surface area contributed by atoms with Gasteiger partial charge < -0.3 is 10.6 Å². The highest BCUT2D eigenvalue weighted by atomic mass is 32.1. The Kier molecular flexibility index (Phi) is 4.52. The highest BCUT2D eigenvalue weighted by molar-refractivity contribution is 7.13. The Bertz CT molecular complexity index is 573. The van der Waals surface area contributed by atoms with Gasteiger partial charge in [0.15, 0.2) is 0 Å². The van der Waals surface area contributed by atoms with E-state index in [2.05, 4.69) is 15.6 Å². The molecule has 1 aromatic heterocycles. The van der Waals surface area contributed by atoms with E-state index in [1.54, 1.807) is 17.5 Å². The Balaban J connectivity index is 2.00. The van der Waals surface area contributed by atoms with Crippen LogP contribution in [0.3, 0.4) is 0 Å². The van der Waals surface area contributed by atoms with Gasteiger partial charge in [-0.25, -0.2) is 4.98 Å². The minimum Gasteiger partial charge on any atom is -0.325 e. The second-order valence-electron chi connectivity index (χ2n) is 5.57. The van der Waals surface area contributed by atoms with Crippen LogP contribution in [0.5, 0.6) is 0 Å². The molecule has 0 fully saturated rings. The number of rotatable bonds is 4. The first-order chi connectivity index (χ1) is 9.44. The maximum absolute atomic E-state index is 11.9. The van der Waals surface area contributed by atoms with Gasteiger partial charge in [-0.1, -0.05) is 12.1 Å². The Morgan fingerprint density at radius 3 is 2.80 bits per heavy atom. The van der Waals surface area contributed by atoms with Crippen molar-refractivity contribution in [1.29, 1.82) is 0 Å². The van der Waals surface area contributed by atoms with Gasteiger partial charge in [0.2, 0.25) is 5.91 Å². The molecule has 0 spiro atoms. The highest BCUT2D eigenvalue weighted by Gasteiger charge is 2.11. The second-order valence-corrected chi connectivity index (χ2v) is 6.46. The van der Waals surface area contributed by atoms with E-state index in [4.69, 9.17) is 0 Å². The first kappa shape index (κ1) is 14.7. The lowest BCUT2D eigenvalue weighted by Crippen LogP contribution is -2.41. The van der Waals surface area contributed by atoms with Crippen LogP contribution in [-0.4, -0.2) is 23.0 Å². The van der Waals surface area contributed by atoms with Crippen LogP contribution in [0.4, 0.5) is 5.69 Å². The molecule has 1 amide bonds. The predicted molar refractivity (Wildman–Crippen MR) is 83.9 cm³/mol. The molecule has 0 saturated carbocycles. The van der Waals surface area contributed by atoms with Gasteiger partial charge in [0.05, 0.1) is 6.54 Å². The molecule has 0 atom stereocenters. The van der Waals surface area contributed by atoms with Crippen molar-refractivity contribution in [3.63, 3.8) is 0 Å². The third kappa shape index (κ3) is 4.43. The van der Waals surface area contributed by atoms with E-state index >= 15 is 0 Å². The summed E-state index contributed by atoms with van der Waals surface area (Å²) in [6.07, 6.45) is 1.78. The maximum atomic E-state index is 11.9. The standard InChI is InChI=1S/C15H19N3OS/c1-15(2,3)17-10-13(19)18-12-6-4-5-11(9-12)14-16-7-8-20-14/h4-9,17H,10H2,1-3H3,(H,18,19).